The lowest BCUT2D eigenvalue weighted by molar-refractivity contribution is -0.137. The number of halogens is 3. The Labute approximate surface area is 157 Å². The number of anilines is 1. The molecule has 11 heteroatoms. The number of amides is 1. The van der Waals surface area contributed by atoms with Gasteiger partial charge in [-0.05, 0) is 32.0 Å². The maximum atomic E-state index is 12.7. The van der Waals surface area contributed by atoms with Crippen LogP contribution in [0, 0.1) is 12.3 Å². The number of hydrogen-bond donors (Lipinski definition) is 2. The van der Waals surface area contributed by atoms with Gasteiger partial charge in [0.25, 0.3) is 0 Å². The molecule has 2 N–H and O–H groups in total. The molecule has 0 unspecified atom stereocenters. The summed E-state index contributed by atoms with van der Waals surface area (Å²) in [6.45, 7) is 2.58. The molecule has 0 aliphatic carbocycles. The number of carbonyl (C=O) groups is 2. The van der Waals surface area contributed by atoms with E-state index in [4.69, 9.17) is 19.4 Å². The smallest absolute Gasteiger partial charge is 0.416 e. The molecule has 0 saturated carbocycles. The average Bonchev–Trinajstić information content (AvgIpc) is 3.01. The number of ether oxygens (including phenoxy) is 2. The van der Waals surface area contributed by atoms with Crippen LogP contribution in [0.3, 0.4) is 0 Å². The van der Waals surface area contributed by atoms with Crippen LogP contribution in [0.1, 0.15) is 34.3 Å². The molecule has 0 radical (unpaired) electrons. The predicted molar refractivity (Wildman–Crippen MR) is 90.4 cm³/mol. The van der Waals surface area contributed by atoms with Crippen LogP contribution < -0.4 is 5.32 Å². The first-order valence-corrected chi connectivity index (χ1v) is 7.95. The minimum absolute atomic E-state index is 0.0614. The third-order valence-electron chi connectivity index (χ3n) is 3.40. The molecule has 0 bridgehead atoms. The second-order valence-electron chi connectivity index (χ2n) is 5.45. The minimum atomic E-state index is -4.56. The molecule has 0 atom stereocenters. The number of rotatable bonds is 6. The molecular formula is C17H16F3N3O5. The summed E-state index contributed by atoms with van der Waals surface area (Å²) >= 11 is 0. The van der Waals surface area contributed by atoms with E-state index in [1.807, 2.05) is 0 Å². The Kier molecular flexibility index (Phi) is 6.39. The first kappa shape index (κ1) is 20.9. The first-order chi connectivity index (χ1) is 13.1. The summed E-state index contributed by atoms with van der Waals surface area (Å²) in [5.74, 6) is -0.961. The van der Waals surface area contributed by atoms with E-state index in [0.29, 0.717) is 0 Å². The van der Waals surface area contributed by atoms with Gasteiger partial charge in [-0.25, -0.2) is 9.59 Å². The third kappa shape index (κ3) is 5.09. The highest BCUT2D eigenvalue weighted by Crippen LogP contribution is 2.30. The van der Waals surface area contributed by atoms with Crippen molar-refractivity contribution < 1.29 is 36.8 Å². The second-order valence-corrected chi connectivity index (χ2v) is 5.45. The van der Waals surface area contributed by atoms with Crippen molar-refractivity contribution in [3.63, 3.8) is 0 Å². The highest BCUT2D eigenvalue weighted by atomic mass is 19.4. The Morgan fingerprint density at radius 1 is 1.29 bits per heavy atom. The van der Waals surface area contributed by atoms with Gasteiger partial charge < -0.3 is 14.0 Å². The van der Waals surface area contributed by atoms with E-state index in [-0.39, 0.29) is 35.0 Å². The van der Waals surface area contributed by atoms with E-state index in [2.05, 4.69) is 10.5 Å². The standard InChI is InChI=1S/C17H16F3N3O5/c1-3-26-15(24)13-9(2)23-28-14(13)12(21)8-27-16(25)22-11-6-4-5-10(7-11)17(18,19)20/h4-7,21H,3,8H2,1-2H3,(H,22,25). The van der Waals surface area contributed by atoms with Crippen molar-refractivity contribution in [2.24, 2.45) is 0 Å². The summed E-state index contributed by atoms with van der Waals surface area (Å²) in [5.41, 5.74) is -1.30. The Bertz CT molecular complexity index is 892. The zero-order valence-electron chi connectivity index (χ0n) is 14.8. The fourth-order valence-electron chi connectivity index (χ4n) is 2.15. The molecule has 0 aliphatic rings. The maximum absolute atomic E-state index is 12.7. The molecule has 0 fully saturated rings. The fourth-order valence-corrected chi connectivity index (χ4v) is 2.15. The van der Waals surface area contributed by atoms with E-state index in [1.165, 1.54) is 13.0 Å². The van der Waals surface area contributed by atoms with Gasteiger partial charge in [0, 0.05) is 5.69 Å². The summed E-state index contributed by atoms with van der Waals surface area (Å²) in [6.07, 6.45) is -5.64. The number of alkyl halides is 3. The number of nitrogens with one attached hydrogen (secondary N) is 2. The number of nitrogens with zero attached hydrogens (tertiary/aromatic N) is 1. The van der Waals surface area contributed by atoms with Crippen molar-refractivity contribution in [3.05, 3.63) is 46.8 Å². The van der Waals surface area contributed by atoms with E-state index in [9.17, 15) is 22.8 Å². The molecule has 0 aliphatic heterocycles. The molecule has 0 saturated heterocycles. The summed E-state index contributed by atoms with van der Waals surface area (Å²) in [5, 5.41) is 13.6. The van der Waals surface area contributed by atoms with Gasteiger partial charge in [-0.2, -0.15) is 13.2 Å². The van der Waals surface area contributed by atoms with Crippen molar-refractivity contribution in [1.29, 1.82) is 5.41 Å². The lowest BCUT2D eigenvalue weighted by atomic mass is 10.1. The van der Waals surface area contributed by atoms with E-state index < -0.39 is 30.4 Å². The van der Waals surface area contributed by atoms with Crippen molar-refractivity contribution in [3.8, 4) is 0 Å². The van der Waals surface area contributed by atoms with Gasteiger partial charge >= 0.3 is 18.2 Å². The Morgan fingerprint density at radius 3 is 2.64 bits per heavy atom. The third-order valence-corrected chi connectivity index (χ3v) is 3.40. The number of carbonyl (C=O) groups excluding carboxylic acids is 2. The lowest BCUT2D eigenvalue weighted by Crippen LogP contribution is -2.20. The molecule has 8 nitrogen and oxygen atoms in total. The highest BCUT2D eigenvalue weighted by Gasteiger charge is 2.30. The summed E-state index contributed by atoms with van der Waals surface area (Å²) in [7, 11) is 0. The average molecular weight is 399 g/mol. The van der Waals surface area contributed by atoms with Gasteiger partial charge in [0.05, 0.1) is 17.9 Å². The Hall–Kier alpha value is -3.37. The van der Waals surface area contributed by atoms with E-state index in [0.717, 1.165) is 18.2 Å². The van der Waals surface area contributed by atoms with Crippen LogP contribution in [0.2, 0.25) is 0 Å². The monoisotopic (exact) mass is 399 g/mol. The number of hydrogen-bond acceptors (Lipinski definition) is 7. The number of esters is 1. The van der Waals surface area contributed by atoms with Gasteiger partial charge in [-0.15, -0.1) is 0 Å². The van der Waals surface area contributed by atoms with Gasteiger partial charge in [-0.1, -0.05) is 11.2 Å². The van der Waals surface area contributed by atoms with E-state index >= 15 is 0 Å². The zero-order valence-corrected chi connectivity index (χ0v) is 14.8. The SMILES string of the molecule is CCOC(=O)c1c(C)noc1C(=N)COC(=O)Nc1cccc(C(F)(F)F)c1. The van der Waals surface area contributed by atoms with E-state index in [1.54, 1.807) is 6.92 Å². The molecule has 1 heterocycles. The molecule has 150 valence electrons. The summed E-state index contributed by atoms with van der Waals surface area (Å²) < 4.78 is 52.6. The van der Waals surface area contributed by atoms with Crippen molar-refractivity contribution in [2.45, 2.75) is 20.0 Å². The molecule has 2 rings (SSSR count). The van der Waals surface area contributed by atoms with Crippen LogP contribution in [0.5, 0.6) is 0 Å². The predicted octanol–water partition coefficient (Wildman–Crippen LogP) is 3.80. The second kappa shape index (κ2) is 8.55. The van der Waals surface area contributed by atoms with Crippen LogP contribution in [0.25, 0.3) is 0 Å². The van der Waals surface area contributed by atoms with Crippen molar-refractivity contribution in [1.82, 2.24) is 5.16 Å². The van der Waals surface area contributed by atoms with Gasteiger partial charge in [0.1, 0.15) is 17.9 Å². The fraction of sp³-hybridized carbons (Fsp3) is 0.294. The normalized spacial score (nSPS) is 11.0. The maximum Gasteiger partial charge on any atom is 0.416 e. The molecule has 0 spiro atoms. The van der Waals surface area contributed by atoms with Gasteiger partial charge in [-0.3, -0.25) is 10.7 Å². The molecule has 28 heavy (non-hydrogen) atoms. The Balaban J connectivity index is 2.00. The summed E-state index contributed by atoms with van der Waals surface area (Å²) in [6, 6.07) is 3.98. The van der Waals surface area contributed by atoms with Crippen LogP contribution in [0.4, 0.5) is 23.7 Å². The quantitative estimate of drug-likeness (QED) is 0.564. The summed E-state index contributed by atoms with van der Waals surface area (Å²) in [4.78, 5) is 23.7. The molecule has 2 aromatic rings. The zero-order chi connectivity index (χ0) is 20.9. The van der Waals surface area contributed by atoms with Crippen LogP contribution in [-0.4, -0.2) is 36.1 Å². The largest absolute Gasteiger partial charge is 0.462 e. The Morgan fingerprint density at radius 2 is 2.00 bits per heavy atom. The molecule has 1 aromatic carbocycles. The molecule has 1 amide bonds. The number of aromatic nitrogens is 1. The number of aryl methyl sites for hydroxylation is 1. The van der Waals surface area contributed by atoms with Gasteiger partial charge in [0.15, 0.2) is 5.76 Å². The lowest BCUT2D eigenvalue weighted by Gasteiger charge is -2.10. The molecule has 1 aromatic heterocycles. The number of benzene rings is 1. The molecular weight excluding hydrogens is 383 g/mol. The topological polar surface area (TPSA) is 115 Å². The van der Waals surface area contributed by atoms with Crippen LogP contribution in [0.15, 0.2) is 28.8 Å². The first-order valence-electron chi connectivity index (χ1n) is 7.95. The minimum Gasteiger partial charge on any atom is -0.462 e. The van der Waals surface area contributed by atoms with Crippen molar-refractivity contribution >= 4 is 23.5 Å². The van der Waals surface area contributed by atoms with Gasteiger partial charge in [0.2, 0.25) is 0 Å². The van der Waals surface area contributed by atoms with Crippen LogP contribution >= 0.6 is 0 Å². The van der Waals surface area contributed by atoms with Crippen LogP contribution in [-0.2, 0) is 15.7 Å². The van der Waals surface area contributed by atoms with Crippen molar-refractivity contribution in [2.75, 3.05) is 18.5 Å². The highest BCUT2D eigenvalue weighted by molar-refractivity contribution is 6.07.